The molecule has 1 atom stereocenters. The number of H-pyrrole nitrogens is 1. The standard InChI is InChI=1S/C18H17N3O3.C2H6/c1-11(22)15(19)7-14-10-20-16-8-13(12-5-3-2-4-6-12)9-17(18(14)16)21(23)24;1-2/h2-6,8-10,15,20,22H,1,7,19H2;1-2H3. The molecule has 3 aromatic rings. The van der Waals surface area contributed by atoms with E-state index >= 15 is 0 Å². The smallest absolute Gasteiger partial charge is 0.279 e. The lowest BCUT2D eigenvalue weighted by atomic mass is 9.99. The Hall–Kier alpha value is -3.12. The molecule has 0 aliphatic heterocycles. The van der Waals surface area contributed by atoms with E-state index in [1.807, 2.05) is 50.2 Å². The molecule has 0 spiro atoms. The zero-order valence-electron chi connectivity index (χ0n) is 14.9. The van der Waals surface area contributed by atoms with E-state index in [1.165, 1.54) is 0 Å². The maximum absolute atomic E-state index is 11.6. The van der Waals surface area contributed by atoms with E-state index in [9.17, 15) is 15.2 Å². The third kappa shape index (κ3) is 3.92. The van der Waals surface area contributed by atoms with E-state index in [2.05, 4.69) is 11.6 Å². The number of nitro groups is 1. The maximum atomic E-state index is 11.6. The molecule has 0 fully saturated rings. The van der Waals surface area contributed by atoms with Crippen LogP contribution in [0, 0.1) is 10.1 Å². The van der Waals surface area contributed by atoms with Crippen LogP contribution in [0.1, 0.15) is 19.4 Å². The van der Waals surface area contributed by atoms with Gasteiger partial charge in [0.15, 0.2) is 0 Å². The number of aromatic nitrogens is 1. The number of hydrogen-bond donors (Lipinski definition) is 3. The van der Waals surface area contributed by atoms with Gasteiger partial charge in [0, 0.05) is 12.3 Å². The van der Waals surface area contributed by atoms with Gasteiger partial charge < -0.3 is 15.8 Å². The van der Waals surface area contributed by atoms with Gasteiger partial charge in [0.1, 0.15) is 5.76 Å². The minimum Gasteiger partial charge on any atom is -0.511 e. The van der Waals surface area contributed by atoms with E-state index in [1.54, 1.807) is 12.3 Å². The van der Waals surface area contributed by atoms with Crippen LogP contribution in [0.3, 0.4) is 0 Å². The molecular weight excluding hydrogens is 330 g/mol. The first-order chi connectivity index (χ1) is 12.5. The summed E-state index contributed by atoms with van der Waals surface area (Å²) < 4.78 is 0. The van der Waals surface area contributed by atoms with Crippen LogP contribution < -0.4 is 5.73 Å². The third-order valence-corrected chi connectivity index (χ3v) is 4.01. The highest BCUT2D eigenvalue weighted by Gasteiger charge is 2.21. The van der Waals surface area contributed by atoms with Gasteiger partial charge in [-0.1, -0.05) is 50.8 Å². The minimum absolute atomic E-state index is 0.0124. The molecule has 0 saturated carbocycles. The van der Waals surface area contributed by atoms with Crippen molar-refractivity contribution in [3.63, 3.8) is 0 Å². The SMILES string of the molecule is C=C(O)C(N)Cc1c[nH]c2cc(-c3ccccc3)cc([N+](=O)[O-])c12.CC. The number of benzene rings is 2. The number of aliphatic hydroxyl groups excluding tert-OH is 1. The van der Waals surface area contributed by atoms with Gasteiger partial charge in [0.25, 0.3) is 5.69 Å². The van der Waals surface area contributed by atoms with Crippen molar-refractivity contribution >= 4 is 16.6 Å². The van der Waals surface area contributed by atoms with Crippen LogP contribution in [0.5, 0.6) is 0 Å². The van der Waals surface area contributed by atoms with Crippen molar-refractivity contribution in [2.45, 2.75) is 26.3 Å². The molecule has 1 heterocycles. The Morgan fingerprint density at radius 1 is 1.27 bits per heavy atom. The Kier molecular flexibility index (Phi) is 6.14. The second-order valence-corrected chi connectivity index (χ2v) is 5.66. The van der Waals surface area contributed by atoms with Crippen molar-refractivity contribution in [3.8, 4) is 11.1 Å². The van der Waals surface area contributed by atoms with Crippen LogP contribution >= 0.6 is 0 Å². The van der Waals surface area contributed by atoms with Gasteiger partial charge >= 0.3 is 0 Å². The summed E-state index contributed by atoms with van der Waals surface area (Å²) in [6.07, 6.45) is 1.95. The van der Waals surface area contributed by atoms with E-state index in [0.717, 1.165) is 11.1 Å². The largest absolute Gasteiger partial charge is 0.511 e. The molecule has 0 amide bonds. The zero-order valence-corrected chi connectivity index (χ0v) is 14.9. The van der Waals surface area contributed by atoms with Gasteiger partial charge in [-0.3, -0.25) is 10.1 Å². The predicted octanol–water partition coefficient (Wildman–Crippen LogP) is 4.71. The third-order valence-electron chi connectivity index (χ3n) is 4.01. The van der Waals surface area contributed by atoms with Crippen LogP contribution in [0.4, 0.5) is 5.69 Å². The Bertz CT molecular complexity index is 917. The van der Waals surface area contributed by atoms with Crippen LogP contribution in [0.2, 0.25) is 0 Å². The average molecular weight is 353 g/mol. The lowest BCUT2D eigenvalue weighted by molar-refractivity contribution is -0.383. The highest BCUT2D eigenvalue weighted by molar-refractivity contribution is 5.95. The molecule has 0 aliphatic carbocycles. The monoisotopic (exact) mass is 353 g/mol. The van der Waals surface area contributed by atoms with Gasteiger partial charge in [0.2, 0.25) is 0 Å². The number of hydrogen-bond acceptors (Lipinski definition) is 4. The lowest BCUT2D eigenvalue weighted by Gasteiger charge is -2.09. The Labute approximate surface area is 152 Å². The summed E-state index contributed by atoms with van der Waals surface area (Å²) in [6, 6.07) is 12.2. The summed E-state index contributed by atoms with van der Waals surface area (Å²) in [5.74, 6) is -0.145. The molecule has 0 radical (unpaired) electrons. The summed E-state index contributed by atoms with van der Waals surface area (Å²) in [6.45, 7) is 7.41. The highest BCUT2D eigenvalue weighted by Crippen LogP contribution is 2.34. The fourth-order valence-electron chi connectivity index (χ4n) is 2.77. The van der Waals surface area contributed by atoms with Gasteiger partial charge in [-0.05, 0) is 29.2 Å². The molecule has 6 nitrogen and oxygen atoms in total. The molecule has 4 N–H and O–H groups in total. The number of rotatable bonds is 5. The molecule has 6 heteroatoms. The van der Waals surface area contributed by atoms with E-state index in [0.29, 0.717) is 16.5 Å². The fraction of sp³-hybridized carbons (Fsp3) is 0.200. The van der Waals surface area contributed by atoms with E-state index in [-0.39, 0.29) is 17.9 Å². The Balaban J connectivity index is 0.00000117. The van der Waals surface area contributed by atoms with Gasteiger partial charge in [-0.25, -0.2) is 0 Å². The van der Waals surface area contributed by atoms with Crippen LogP contribution in [0.15, 0.2) is 61.0 Å². The summed E-state index contributed by atoms with van der Waals surface area (Å²) >= 11 is 0. The second kappa shape index (κ2) is 8.31. The molecule has 1 unspecified atom stereocenters. The fourth-order valence-corrected chi connectivity index (χ4v) is 2.77. The van der Waals surface area contributed by atoms with Crippen LogP contribution in [-0.2, 0) is 6.42 Å². The molecule has 0 aliphatic rings. The van der Waals surface area contributed by atoms with Crippen LogP contribution in [-0.4, -0.2) is 21.1 Å². The normalized spacial score (nSPS) is 11.5. The first kappa shape index (κ1) is 19.2. The number of nitro benzene ring substituents is 1. The maximum Gasteiger partial charge on any atom is 0.279 e. The van der Waals surface area contributed by atoms with Crippen molar-refractivity contribution in [3.05, 3.63) is 76.7 Å². The van der Waals surface area contributed by atoms with Crippen molar-refractivity contribution in [2.24, 2.45) is 5.73 Å². The quantitative estimate of drug-likeness (QED) is 0.351. The number of aliphatic hydroxyl groups is 1. The number of aromatic amines is 1. The van der Waals surface area contributed by atoms with Crippen molar-refractivity contribution in [1.82, 2.24) is 4.98 Å². The molecule has 3 rings (SSSR count). The van der Waals surface area contributed by atoms with E-state index in [4.69, 9.17) is 5.73 Å². The summed E-state index contributed by atoms with van der Waals surface area (Å²) in [7, 11) is 0. The topological polar surface area (TPSA) is 105 Å². The molecule has 0 saturated heterocycles. The van der Waals surface area contributed by atoms with Crippen LogP contribution in [0.25, 0.3) is 22.0 Å². The van der Waals surface area contributed by atoms with Crippen molar-refractivity contribution < 1.29 is 10.0 Å². The van der Waals surface area contributed by atoms with Gasteiger partial charge in [-0.2, -0.15) is 0 Å². The summed E-state index contributed by atoms with van der Waals surface area (Å²) in [4.78, 5) is 14.2. The number of nitrogens with two attached hydrogens (primary N) is 1. The van der Waals surface area contributed by atoms with E-state index < -0.39 is 11.0 Å². The number of nitrogens with one attached hydrogen (secondary N) is 1. The number of non-ortho nitro benzene ring substituents is 1. The first-order valence-electron chi connectivity index (χ1n) is 8.44. The Morgan fingerprint density at radius 2 is 1.92 bits per heavy atom. The molecule has 0 bridgehead atoms. The minimum atomic E-state index is -0.669. The Morgan fingerprint density at radius 3 is 2.50 bits per heavy atom. The molecule has 2 aromatic carbocycles. The second-order valence-electron chi connectivity index (χ2n) is 5.66. The number of nitrogens with zero attached hydrogens (tertiary/aromatic N) is 1. The van der Waals surface area contributed by atoms with Gasteiger partial charge in [0.05, 0.1) is 21.9 Å². The van der Waals surface area contributed by atoms with Crippen molar-refractivity contribution in [2.75, 3.05) is 0 Å². The van der Waals surface area contributed by atoms with Crippen molar-refractivity contribution in [1.29, 1.82) is 0 Å². The molecular formula is C20H23N3O3. The molecule has 26 heavy (non-hydrogen) atoms. The number of fused-ring (bicyclic) bond motifs is 1. The first-order valence-corrected chi connectivity index (χ1v) is 8.44. The summed E-state index contributed by atoms with van der Waals surface area (Å²) in [5.41, 5.74) is 8.83. The average Bonchev–Trinajstić information content (AvgIpc) is 3.06. The highest BCUT2D eigenvalue weighted by atomic mass is 16.6. The predicted molar refractivity (Wildman–Crippen MR) is 105 cm³/mol. The molecule has 1 aromatic heterocycles. The lowest BCUT2D eigenvalue weighted by Crippen LogP contribution is -2.24. The zero-order chi connectivity index (χ0) is 19.3. The van der Waals surface area contributed by atoms with Gasteiger partial charge in [-0.15, -0.1) is 0 Å². The molecule has 136 valence electrons. The summed E-state index contributed by atoms with van der Waals surface area (Å²) in [5, 5.41) is 21.5.